The van der Waals surface area contributed by atoms with Gasteiger partial charge in [-0.05, 0) is 30.2 Å². The molecule has 0 saturated heterocycles. The Balaban J connectivity index is 1.86. The zero-order chi connectivity index (χ0) is 20.0. The Morgan fingerprint density at radius 3 is 2.43 bits per heavy atom. The smallest absolute Gasteiger partial charge is 0.255 e. The molecule has 0 spiro atoms. The highest BCUT2D eigenvalue weighted by Crippen LogP contribution is 2.26. The summed E-state index contributed by atoms with van der Waals surface area (Å²) in [5.74, 6) is -4.83. The zero-order valence-electron chi connectivity index (χ0n) is 14.4. The van der Waals surface area contributed by atoms with Crippen LogP contribution in [0.15, 0.2) is 30.7 Å². The number of imidazole rings is 1. The molecule has 3 aromatic heterocycles. The molecule has 0 radical (unpaired) electrons. The first-order valence-electron chi connectivity index (χ1n) is 8.06. The van der Waals surface area contributed by atoms with Crippen LogP contribution in [-0.4, -0.2) is 34.5 Å². The van der Waals surface area contributed by atoms with Crippen molar-refractivity contribution in [1.82, 2.24) is 24.3 Å². The normalized spacial score (nSPS) is 11.3. The number of hydrogen-bond donors (Lipinski definition) is 2. The molecule has 0 aliphatic carbocycles. The molecule has 7 nitrogen and oxygen atoms in total. The first kappa shape index (κ1) is 17.7. The fourth-order valence-electron chi connectivity index (χ4n) is 2.76. The molecular weight excluding hydrogens is 375 g/mol. The second kappa shape index (κ2) is 6.48. The number of aromatic nitrogens is 5. The predicted octanol–water partition coefficient (Wildman–Crippen LogP) is 2.91. The van der Waals surface area contributed by atoms with Crippen LogP contribution in [0.25, 0.3) is 17.2 Å². The number of halogens is 3. The summed E-state index contributed by atoms with van der Waals surface area (Å²) in [7, 11) is 0. The Morgan fingerprint density at radius 2 is 1.71 bits per heavy atom. The van der Waals surface area contributed by atoms with Gasteiger partial charge in [0.05, 0.1) is 5.69 Å². The maximum Gasteiger partial charge on any atom is 0.255 e. The summed E-state index contributed by atoms with van der Waals surface area (Å²) < 4.78 is 43.0. The number of nitrogens with zero attached hydrogens (tertiary/aromatic N) is 5. The lowest BCUT2D eigenvalue weighted by molar-refractivity contribution is 0.363. The van der Waals surface area contributed by atoms with Gasteiger partial charge in [0.25, 0.3) is 11.8 Å². The predicted molar refractivity (Wildman–Crippen MR) is 91.2 cm³/mol. The SMILES string of the molecule is Cc1cc(F)c(Cc2nc(-c3nc(O)c(F)c(O)n3)cn3ccnc23)cc1F. The fraction of sp³-hybridized carbons (Fsp3) is 0.111. The number of aryl methyl sites for hydroxylation is 1. The number of benzene rings is 1. The van der Waals surface area contributed by atoms with Gasteiger partial charge in [-0.2, -0.15) is 14.4 Å². The van der Waals surface area contributed by atoms with Crippen LogP contribution in [0.4, 0.5) is 13.2 Å². The standard InChI is InChI=1S/C18H12F3N5O2/c1-8-4-11(20)9(5-10(8)19)6-12-16-22-2-3-26(16)7-13(23-12)15-24-17(27)14(21)18(28)25-15/h2-5,7H,6H2,1H3,(H2,24,25,27,28). The van der Waals surface area contributed by atoms with E-state index in [1.807, 2.05) is 0 Å². The molecule has 2 N–H and O–H groups in total. The third-order valence-electron chi connectivity index (χ3n) is 4.17. The Bertz CT molecular complexity index is 1200. The van der Waals surface area contributed by atoms with Gasteiger partial charge in [-0.25, -0.2) is 18.7 Å². The van der Waals surface area contributed by atoms with E-state index in [2.05, 4.69) is 19.9 Å². The summed E-state index contributed by atoms with van der Waals surface area (Å²) >= 11 is 0. The molecule has 0 unspecified atom stereocenters. The van der Waals surface area contributed by atoms with E-state index in [1.54, 1.807) is 10.6 Å². The summed E-state index contributed by atoms with van der Waals surface area (Å²) in [6.07, 6.45) is 4.43. The second-order valence-corrected chi connectivity index (χ2v) is 6.11. The Kier molecular flexibility index (Phi) is 4.10. The van der Waals surface area contributed by atoms with Crippen molar-refractivity contribution in [3.8, 4) is 23.3 Å². The minimum atomic E-state index is -1.36. The van der Waals surface area contributed by atoms with Gasteiger partial charge in [0, 0.05) is 25.0 Å². The van der Waals surface area contributed by atoms with E-state index in [-0.39, 0.29) is 34.8 Å². The Morgan fingerprint density at radius 1 is 1.00 bits per heavy atom. The molecule has 0 saturated carbocycles. The molecule has 0 aliphatic rings. The summed E-state index contributed by atoms with van der Waals surface area (Å²) in [5.41, 5.74) is 0.985. The summed E-state index contributed by atoms with van der Waals surface area (Å²) in [4.78, 5) is 15.6. The van der Waals surface area contributed by atoms with Crippen LogP contribution < -0.4 is 0 Å². The summed E-state index contributed by atoms with van der Waals surface area (Å²) in [5, 5.41) is 19.0. The average molecular weight is 387 g/mol. The number of fused-ring (bicyclic) bond motifs is 1. The van der Waals surface area contributed by atoms with Crippen LogP contribution in [-0.2, 0) is 6.42 Å². The monoisotopic (exact) mass is 387 g/mol. The van der Waals surface area contributed by atoms with E-state index in [4.69, 9.17) is 0 Å². The Labute approximate surface area is 155 Å². The van der Waals surface area contributed by atoms with Crippen LogP contribution in [0.2, 0.25) is 0 Å². The maximum absolute atomic E-state index is 14.3. The summed E-state index contributed by atoms with van der Waals surface area (Å²) in [6, 6.07) is 2.18. The Hall–Kier alpha value is -3.69. The molecule has 0 aliphatic heterocycles. The van der Waals surface area contributed by atoms with Gasteiger partial charge >= 0.3 is 0 Å². The molecule has 4 rings (SSSR count). The third kappa shape index (κ3) is 2.98. The van der Waals surface area contributed by atoms with Crippen molar-refractivity contribution in [2.24, 2.45) is 0 Å². The molecule has 4 aromatic rings. The van der Waals surface area contributed by atoms with E-state index < -0.39 is 29.2 Å². The van der Waals surface area contributed by atoms with Crippen molar-refractivity contribution >= 4 is 5.65 Å². The van der Waals surface area contributed by atoms with Crippen molar-refractivity contribution in [2.75, 3.05) is 0 Å². The highest BCUT2D eigenvalue weighted by Gasteiger charge is 2.18. The van der Waals surface area contributed by atoms with Crippen molar-refractivity contribution in [3.05, 3.63) is 65.0 Å². The average Bonchev–Trinajstić information content (AvgIpc) is 3.12. The van der Waals surface area contributed by atoms with E-state index >= 15 is 0 Å². The van der Waals surface area contributed by atoms with Crippen LogP contribution in [0, 0.1) is 24.4 Å². The molecular formula is C18H12F3N5O2. The number of aromatic hydroxyl groups is 2. The van der Waals surface area contributed by atoms with Gasteiger partial charge in [0.15, 0.2) is 11.5 Å². The van der Waals surface area contributed by atoms with Crippen molar-refractivity contribution in [1.29, 1.82) is 0 Å². The molecule has 142 valence electrons. The molecule has 10 heteroatoms. The quantitative estimate of drug-likeness (QED) is 0.561. The first-order chi connectivity index (χ1) is 13.3. The second-order valence-electron chi connectivity index (χ2n) is 6.11. The van der Waals surface area contributed by atoms with Gasteiger partial charge in [0.1, 0.15) is 17.3 Å². The molecule has 0 atom stereocenters. The lowest BCUT2D eigenvalue weighted by Crippen LogP contribution is -2.04. The lowest BCUT2D eigenvalue weighted by Gasteiger charge is -2.09. The van der Waals surface area contributed by atoms with Crippen LogP contribution in [0.1, 0.15) is 16.8 Å². The molecule has 28 heavy (non-hydrogen) atoms. The van der Waals surface area contributed by atoms with Gasteiger partial charge in [-0.1, -0.05) is 0 Å². The number of hydrogen-bond acceptors (Lipinski definition) is 6. The van der Waals surface area contributed by atoms with E-state index in [0.29, 0.717) is 5.65 Å². The topological polar surface area (TPSA) is 96.4 Å². The first-order valence-corrected chi connectivity index (χ1v) is 8.06. The van der Waals surface area contributed by atoms with Gasteiger partial charge in [-0.3, -0.25) is 0 Å². The zero-order valence-corrected chi connectivity index (χ0v) is 14.4. The van der Waals surface area contributed by atoms with Crippen LogP contribution in [0.5, 0.6) is 11.8 Å². The fourth-order valence-corrected chi connectivity index (χ4v) is 2.76. The molecule has 1 aromatic carbocycles. The summed E-state index contributed by atoms with van der Waals surface area (Å²) in [6.45, 7) is 1.46. The number of rotatable bonds is 3. The molecule has 0 fully saturated rings. The van der Waals surface area contributed by atoms with Crippen LogP contribution >= 0.6 is 0 Å². The van der Waals surface area contributed by atoms with Crippen LogP contribution in [0.3, 0.4) is 0 Å². The maximum atomic E-state index is 14.3. The molecule has 0 amide bonds. The van der Waals surface area contributed by atoms with Crippen molar-refractivity contribution < 1.29 is 23.4 Å². The van der Waals surface area contributed by atoms with Crippen molar-refractivity contribution in [3.63, 3.8) is 0 Å². The highest BCUT2D eigenvalue weighted by atomic mass is 19.1. The van der Waals surface area contributed by atoms with Gasteiger partial charge in [0.2, 0.25) is 5.82 Å². The minimum absolute atomic E-state index is 0.0686. The molecule has 3 heterocycles. The van der Waals surface area contributed by atoms with Crippen molar-refractivity contribution in [2.45, 2.75) is 13.3 Å². The minimum Gasteiger partial charge on any atom is -0.491 e. The third-order valence-corrected chi connectivity index (χ3v) is 4.17. The van der Waals surface area contributed by atoms with E-state index in [0.717, 1.165) is 12.1 Å². The van der Waals surface area contributed by atoms with E-state index in [9.17, 15) is 23.4 Å². The lowest BCUT2D eigenvalue weighted by atomic mass is 10.1. The largest absolute Gasteiger partial charge is 0.491 e. The van der Waals surface area contributed by atoms with E-state index in [1.165, 1.54) is 19.3 Å². The van der Waals surface area contributed by atoms with Gasteiger partial charge < -0.3 is 14.6 Å². The highest BCUT2D eigenvalue weighted by molar-refractivity contribution is 5.56. The molecule has 0 bridgehead atoms. The van der Waals surface area contributed by atoms with Gasteiger partial charge in [-0.15, -0.1) is 0 Å².